The largest absolute Gasteiger partial charge is 0.308 e. The quantitative estimate of drug-likeness (QED) is 0.588. The average Bonchev–Trinajstić information content (AvgIpc) is 2.76. The van der Waals surface area contributed by atoms with Crippen molar-refractivity contribution in [1.82, 2.24) is 19.5 Å². The summed E-state index contributed by atoms with van der Waals surface area (Å²) in [6.45, 7) is 3.88. The number of hydrogen-bond donors (Lipinski definition) is 2. The van der Waals surface area contributed by atoms with E-state index in [2.05, 4.69) is 27.3 Å². The molecule has 0 aliphatic heterocycles. The number of hydrazine groups is 1. The van der Waals surface area contributed by atoms with Crippen LogP contribution in [0.2, 0.25) is 0 Å². The Kier molecular flexibility index (Phi) is 2.82. The summed E-state index contributed by atoms with van der Waals surface area (Å²) in [5, 5.41) is 0. The number of aryl methyl sites for hydroxylation is 2. The van der Waals surface area contributed by atoms with Crippen LogP contribution in [-0.2, 0) is 6.42 Å². The molecule has 0 saturated carbocycles. The van der Waals surface area contributed by atoms with Crippen molar-refractivity contribution in [1.29, 1.82) is 0 Å². The van der Waals surface area contributed by atoms with Crippen LogP contribution in [0.15, 0.2) is 18.5 Å². The maximum Gasteiger partial charge on any atom is 0.145 e. The number of aromatic nitrogens is 4. The third-order valence-corrected chi connectivity index (χ3v) is 2.25. The van der Waals surface area contributed by atoms with E-state index in [1.165, 1.54) is 0 Å². The van der Waals surface area contributed by atoms with Crippen LogP contribution in [0.4, 0.5) is 5.82 Å². The lowest BCUT2D eigenvalue weighted by molar-refractivity contribution is 0.851. The molecule has 6 heteroatoms. The van der Waals surface area contributed by atoms with E-state index in [1.807, 2.05) is 17.7 Å². The van der Waals surface area contributed by atoms with Crippen LogP contribution < -0.4 is 11.3 Å². The Morgan fingerprint density at radius 1 is 1.44 bits per heavy atom. The highest BCUT2D eigenvalue weighted by molar-refractivity contribution is 5.41. The fourth-order valence-electron chi connectivity index (χ4n) is 1.55. The first-order chi connectivity index (χ1) is 7.74. The second-order valence-electron chi connectivity index (χ2n) is 3.37. The number of nitrogens with two attached hydrogens (primary N) is 1. The molecule has 0 unspecified atom stereocenters. The van der Waals surface area contributed by atoms with Crippen LogP contribution in [0.25, 0.3) is 5.82 Å². The fraction of sp³-hybridized carbons (Fsp3) is 0.300. The monoisotopic (exact) mass is 218 g/mol. The number of nitrogens with one attached hydrogen (secondary N) is 1. The van der Waals surface area contributed by atoms with Gasteiger partial charge in [0, 0.05) is 24.9 Å². The molecule has 0 atom stereocenters. The standard InChI is InChI=1S/C10H14N6/c1-3-9-12-4-5-16(9)10-6-8(15-11)13-7(2)14-10/h4-6H,3,11H2,1-2H3,(H,13,14,15). The molecule has 2 heterocycles. The minimum absolute atomic E-state index is 0.596. The Morgan fingerprint density at radius 2 is 2.25 bits per heavy atom. The Labute approximate surface area is 93.5 Å². The molecule has 2 aromatic heterocycles. The summed E-state index contributed by atoms with van der Waals surface area (Å²) in [6, 6.07) is 1.79. The predicted octanol–water partition coefficient (Wildman–Crippen LogP) is 0.819. The molecule has 0 fully saturated rings. The van der Waals surface area contributed by atoms with Crippen molar-refractivity contribution in [3.63, 3.8) is 0 Å². The summed E-state index contributed by atoms with van der Waals surface area (Å²) >= 11 is 0. The van der Waals surface area contributed by atoms with Crippen molar-refractivity contribution in [3.05, 3.63) is 30.1 Å². The minimum atomic E-state index is 0.596. The van der Waals surface area contributed by atoms with Crippen LogP contribution in [0.3, 0.4) is 0 Å². The van der Waals surface area contributed by atoms with Crippen LogP contribution in [-0.4, -0.2) is 19.5 Å². The third kappa shape index (κ3) is 1.87. The molecule has 16 heavy (non-hydrogen) atoms. The first-order valence-electron chi connectivity index (χ1n) is 5.09. The Bertz CT molecular complexity index is 490. The van der Waals surface area contributed by atoms with Gasteiger partial charge in [0.05, 0.1) is 0 Å². The molecule has 0 aromatic carbocycles. The highest BCUT2D eigenvalue weighted by Gasteiger charge is 2.06. The van der Waals surface area contributed by atoms with Crippen molar-refractivity contribution in [3.8, 4) is 5.82 Å². The van der Waals surface area contributed by atoms with Crippen LogP contribution in [0, 0.1) is 6.92 Å². The summed E-state index contributed by atoms with van der Waals surface area (Å²) in [7, 11) is 0. The molecule has 0 spiro atoms. The molecular weight excluding hydrogens is 204 g/mol. The average molecular weight is 218 g/mol. The number of hydrogen-bond acceptors (Lipinski definition) is 5. The summed E-state index contributed by atoms with van der Waals surface area (Å²) < 4.78 is 1.93. The number of rotatable bonds is 3. The first-order valence-corrected chi connectivity index (χ1v) is 5.09. The molecule has 0 saturated heterocycles. The first kappa shape index (κ1) is 10.6. The lowest BCUT2D eigenvalue weighted by atomic mass is 10.4. The van der Waals surface area contributed by atoms with Crippen molar-refractivity contribution < 1.29 is 0 Å². The maximum atomic E-state index is 5.35. The fourth-order valence-corrected chi connectivity index (χ4v) is 1.55. The molecule has 2 aromatic rings. The van der Waals surface area contributed by atoms with Gasteiger partial charge < -0.3 is 5.43 Å². The van der Waals surface area contributed by atoms with Gasteiger partial charge in [-0.3, -0.25) is 4.57 Å². The van der Waals surface area contributed by atoms with Crippen LogP contribution in [0.5, 0.6) is 0 Å². The Morgan fingerprint density at radius 3 is 2.94 bits per heavy atom. The van der Waals surface area contributed by atoms with E-state index in [0.29, 0.717) is 11.6 Å². The maximum absolute atomic E-state index is 5.35. The molecule has 6 nitrogen and oxygen atoms in total. The molecule has 0 radical (unpaired) electrons. The summed E-state index contributed by atoms with van der Waals surface area (Å²) in [5.41, 5.74) is 2.52. The van der Waals surface area contributed by atoms with Gasteiger partial charge in [0.1, 0.15) is 23.3 Å². The van der Waals surface area contributed by atoms with Gasteiger partial charge in [-0.05, 0) is 6.92 Å². The second-order valence-corrected chi connectivity index (χ2v) is 3.37. The number of nitrogen functional groups attached to an aromatic ring is 1. The molecule has 2 rings (SSSR count). The minimum Gasteiger partial charge on any atom is -0.308 e. The number of nitrogens with zero attached hydrogens (tertiary/aromatic N) is 4. The zero-order chi connectivity index (χ0) is 11.5. The molecule has 0 aliphatic rings. The summed E-state index contributed by atoms with van der Waals surface area (Å²) in [4.78, 5) is 12.7. The normalized spacial score (nSPS) is 10.4. The van der Waals surface area contributed by atoms with Crippen molar-refractivity contribution in [2.45, 2.75) is 20.3 Å². The zero-order valence-corrected chi connectivity index (χ0v) is 9.31. The van der Waals surface area contributed by atoms with E-state index in [9.17, 15) is 0 Å². The van der Waals surface area contributed by atoms with E-state index in [-0.39, 0.29) is 0 Å². The van der Waals surface area contributed by atoms with Gasteiger partial charge in [-0.25, -0.2) is 20.8 Å². The zero-order valence-electron chi connectivity index (χ0n) is 9.31. The van der Waals surface area contributed by atoms with Crippen molar-refractivity contribution >= 4 is 5.82 Å². The summed E-state index contributed by atoms with van der Waals surface area (Å²) in [6.07, 6.45) is 4.48. The topological polar surface area (TPSA) is 81.7 Å². The van der Waals surface area contributed by atoms with Gasteiger partial charge in [0.25, 0.3) is 0 Å². The van der Waals surface area contributed by atoms with Gasteiger partial charge in [-0.1, -0.05) is 6.92 Å². The second kappa shape index (κ2) is 4.28. The Balaban J connectivity index is 2.51. The van der Waals surface area contributed by atoms with Crippen molar-refractivity contribution in [2.24, 2.45) is 5.84 Å². The highest BCUT2D eigenvalue weighted by atomic mass is 15.3. The van der Waals surface area contributed by atoms with Gasteiger partial charge >= 0.3 is 0 Å². The molecule has 84 valence electrons. The lowest BCUT2D eigenvalue weighted by Crippen LogP contribution is -2.11. The molecule has 0 amide bonds. The van der Waals surface area contributed by atoms with E-state index in [0.717, 1.165) is 18.1 Å². The Hall–Kier alpha value is -1.95. The van der Waals surface area contributed by atoms with Gasteiger partial charge in [0.2, 0.25) is 0 Å². The molecule has 3 N–H and O–H groups in total. The van der Waals surface area contributed by atoms with Gasteiger partial charge in [0.15, 0.2) is 0 Å². The SMILES string of the molecule is CCc1nccn1-c1cc(NN)nc(C)n1. The lowest BCUT2D eigenvalue weighted by Gasteiger charge is -2.08. The van der Waals surface area contributed by atoms with E-state index < -0.39 is 0 Å². The molecular formula is C10H14N6. The van der Waals surface area contributed by atoms with Crippen molar-refractivity contribution in [2.75, 3.05) is 5.43 Å². The van der Waals surface area contributed by atoms with E-state index in [1.54, 1.807) is 12.3 Å². The predicted molar refractivity (Wildman–Crippen MR) is 61.1 cm³/mol. The third-order valence-electron chi connectivity index (χ3n) is 2.25. The van der Waals surface area contributed by atoms with Gasteiger partial charge in [-0.2, -0.15) is 0 Å². The van der Waals surface area contributed by atoms with Gasteiger partial charge in [-0.15, -0.1) is 0 Å². The van der Waals surface area contributed by atoms with E-state index in [4.69, 9.17) is 5.84 Å². The molecule has 0 bridgehead atoms. The summed E-state index contributed by atoms with van der Waals surface area (Å²) in [5.74, 6) is 8.34. The number of imidazole rings is 1. The smallest absolute Gasteiger partial charge is 0.145 e. The van der Waals surface area contributed by atoms with Crippen LogP contribution in [0.1, 0.15) is 18.6 Å². The highest BCUT2D eigenvalue weighted by Crippen LogP contribution is 2.12. The number of anilines is 1. The van der Waals surface area contributed by atoms with Crippen LogP contribution >= 0.6 is 0 Å². The molecule has 0 aliphatic carbocycles. The van der Waals surface area contributed by atoms with E-state index >= 15 is 0 Å².